The minimum Gasteiger partial charge on any atom is -0.359 e. The Bertz CT molecular complexity index is 634. The van der Waals surface area contributed by atoms with Gasteiger partial charge in [-0.2, -0.15) is 0 Å². The molecule has 2 aromatic heterocycles. The van der Waals surface area contributed by atoms with Gasteiger partial charge in [-0.25, -0.2) is 0 Å². The maximum atomic E-state index is 11.8. The second kappa shape index (κ2) is 6.35. The first-order chi connectivity index (χ1) is 10.3. The predicted octanol–water partition coefficient (Wildman–Crippen LogP) is 2.71. The normalized spacial score (nSPS) is 17.0. The fourth-order valence-corrected chi connectivity index (χ4v) is 2.41. The molecule has 0 saturated carbocycles. The molecule has 0 spiro atoms. The molecule has 1 amide bonds. The van der Waals surface area contributed by atoms with E-state index >= 15 is 0 Å². The van der Waals surface area contributed by atoms with E-state index in [1.807, 2.05) is 18.2 Å². The zero-order valence-electron chi connectivity index (χ0n) is 11.7. The molecule has 3 rings (SSSR count). The fraction of sp³-hybridized carbons (Fsp3) is 0.312. The first-order valence-electron chi connectivity index (χ1n) is 7.10. The summed E-state index contributed by atoms with van der Waals surface area (Å²) in [7, 11) is 0. The first kappa shape index (κ1) is 13.5. The van der Waals surface area contributed by atoms with Crippen LogP contribution in [0.15, 0.2) is 47.3 Å². The van der Waals surface area contributed by atoms with Crippen molar-refractivity contribution in [1.29, 1.82) is 0 Å². The van der Waals surface area contributed by atoms with Gasteiger partial charge in [0.05, 0.1) is 6.54 Å². The zero-order chi connectivity index (χ0) is 14.5. The summed E-state index contributed by atoms with van der Waals surface area (Å²) in [5.74, 6) is 1.07. The Hall–Kier alpha value is -2.43. The highest BCUT2D eigenvalue weighted by Crippen LogP contribution is 2.20. The Labute approximate surface area is 123 Å². The molecule has 1 aliphatic rings. The second-order valence-electron chi connectivity index (χ2n) is 5.17. The maximum absolute atomic E-state index is 11.8. The summed E-state index contributed by atoms with van der Waals surface area (Å²) in [6, 6.07) is 5.59. The standard InChI is InChI=1S/C16H17N3O2/c20-16(8-12-4-1-2-5-12)18-11-14-9-15(19-21-14)13-6-3-7-17-10-13/h1,3-4,6-7,9-10,12H,2,5,8,11H2,(H,18,20)/t12-/m0/s1. The Morgan fingerprint density at radius 3 is 3.19 bits per heavy atom. The number of amides is 1. The highest BCUT2D eigenvalue weighted by molar-refractivity contribution is 5.76. The lowest BCUT2D eigenvalue weighted by Crippen LogP contribution is -2.24. The smallest absolute Gasteiger partial charge is 0.220 e. The van der Waals surface area contributed by atoms with Gasteiger partial charge in [-0.05, 0) is 30.9 Å². The molecule has 0 radical (unpaired) electrons. The monoisotopic (exact) mass is 283 g/mol. The van der Waals surface area contributed by atoms with E-state index in [0.717, 1.165) is 24.1 Å². The number of carbonyl (C=O) groups is 1. The maximum Gasteiger partial charge on any atom is 0.220 e. The average molecular weight is 283 g/mol. The van der Waals surface area contributed by atoms with E-state index in [0.29, 0.717) is 24.6 Å². The Balaban J connectivity index is 1.53. The molecular weight excluding hydrogens is 266 g/mol. The van der Waals surface area contributed by atoms with Crippen LogP contribution in [0.5, 0.6) is 0 Å². The average Bonchev–Trinajstić information content (AvgIpc) is 3.17. The topological polar surface area (TPSA) is 68.0 Å². The molecule has 21 heavy (non-hydrogen) atoms. The molecule has 2 heterocycles. The lowest BCUT2D eigenvalue weighted by molar-refractivity contribution is -0.121. The second-order valence-corrected chi connectivity index (χ2v) is 5.17. The van der Waals surface area contributed by atoms with Crippen molar-refractivity contribution >= 4 is 5.91 Å². The van der Waals surface area contributed by atoms with Gasteiger partial charge in [0.1, 0.15) is 5.69 Å². The number of rotatable bonds is 5. The molecule has 2 aromatic rings. The lowest BCUT2D eigenvalue weighted by Gasteiger charge is -2.06. The third-order valence-corrected chi connectivity index (χ3v) is 3.54. The summed E-state index contributed by atoms with van der Waals surface area (Å²) >= 11 is 0. The minimum absolute atomic E-state index is 0.0471. The molecule has 5 heteroatoms. The van der Waals surface area contributed by atoms with Gasteiger partial charge in [0, 0.05) is 30.4 Å². The van der Waals surface area contributed by atoms with Crippen LogP contribution in [-0.4, -0.2) is 16.0 Å². The molecule has 0 unspecified atom stereocenters. The predicted molar refractivity (Wildman–Crippen MR) is 78.1 cm³/mol. The number of aromatic nitrogens is 2. The third kappa shape index (κ3) is 3.56. The fourth-order valence-electron chi connectivity index (χ4n) is 2.41. The molecular formula is C16H17N3O2. The van der Waals surface area contributed by atoms with Gasteiger partial charge < -0.3 is 9.84 Å². The lowest BCUT2D eigenvalue weighted by atomic mass is 10.1. The molecule has 1 aliphatic carbocycles. The van der Waals surface area contributed by atoms with Gasteiger partial charge >= 0.3 is 0 Å². The summed E-state index contributed by atoms with van der Waals surface area (Å²) in [5.41, 5.74) is 1.63. The number of nitrogens with zero attached hydrogens (tertiary/aromatic N) is 2. The molecule has 0 bridgehead atoms. The first-order valence-corrected chi connectivity index (χ1v) is 7.10. The summed E-state index contributed by atoms with van der Waals surface area (Å²) in [5, 5.41) is 6.86. The van der Waals surface area contributed by atoms with Crippen LogP contribution in [-0.2, 0) is 11.3 Å². The van der Waals surface area contributed by atoms with E-state index in [1.165, 1.54) is 0 Å². The molecule has 1 atom stereocenters. The largest absolute Gasteiger partial charge is 0.359 e. The van der Waals surface area contributed by atoms with Gasteiger partial charge in [0.15, 0.2) is 5.76 Å². The SMILES string of the molecule is O=C(C[C@H]1C=CCC1)NCc1cc(-c2cccnc2)no1. The molecule has 0 saturated heterocycles. The van der Waals surface area contributed by atoms with Crippen LogP contribution in [0.2, 0.25) is 0 Å². The highest BCUT2D eigenvalue weighted by atomic mass is 16.5. The van der Waals surface area contributed by atoms with Crippen LogP contribution in [0.3, 0.4) is 0 Å². The molecule has 0 aromatic carbocycles. The van der Waals surface area contributed by atoms with E-state index in [-0.39, 0.29) is 5.91 Å². The third-order valence-electron chi connectivity index (χ3n) is 3.54. The Morgan fingerprint density at radius 2 is 2.43 bits per heavy atom. The van der Waals surface area contributed by atoms with E-state index in [1.54, 1.807) is 12.4 Å². The summed E-state index contributed by atoms with van der Waals surface area (Å²) < 4.78 is 5.23. The van der Waals surface area contributed by atoms with Gasteiger partial charge in [-0.1, -0.05) is 17.3 Å². The van der Waals surface area contributed by atoms with Crippen LogP contribution < -0.4 is 5.32 Å². The van der Waals surface area contributed by atoms with Crippen molar-refractivity contribution in [2.45, 2.75) is 25.8 Å². The molecule has 1 N–H and O–H groups in total. The quantitative estimate of drug-likeness (QED) is 0.857. The highest BCUT2D eigenvalue weighted by Gasteiger charge is 2.14. The van der Waals surface area contributed by atoms with Gasteiger partial charge in [-0.15, -0.1) is 0 Å². The van der Waals surface area contributed by atoms with Gasteiger partial charge in [0.2, 0.25) is 5.91 Å². The number of hydrogen-bond acceptors (Lipinski definition) is 4. The van der Waals surface area contributed by atoms with E-state index in [4.69, 9.17) is 4.52 Å². The van der Waals surface area contributed by atoms with Crippen LogP contribution in [0.1, 0.15) is 25.0 Å². The van der Waals surface area contributed by atoms with Gasteiger partial charge in [-0.3, -0.25) is 9.78 Å². The van der Waals surface area contributed by atoms with Gasteiger partial charge in [0.25, 0.3) is 0 Å². The number of carbonyl (C=O) groups excluding carboxylic acids is 1. The number of hydrogen-bond donors (Lipinski definition) is 1. The number of nitrogens with one attached hydrogen (secondary N) is 1. The van der Waals surface area contributed by atoms with Crippen molar-refractivity contribution in [2.24, 2.45) is 5.92 Å². The van der Waals surface area contributed by atoms with Crippen molar-refractivity contribution in [2.75, 3.05) is 0 Å². The summed E-state index contributed by atoms with van der Waals surface area (Å²) in [6.07, 6.45) is 10.4. The number of allylic oxidation sites excluding steroid dienone is 2. The Kier molecular flexibility index (Phi) is 4.09. The van der Waals surface area contributed by atoms with E-state index in [2.05, 4.69) is 27.6 Å². The van der Waals surface area contributed by atoms with Crippen LogP contribution in [0.4, 0.5) is 0 Å². The van der Waals surface area contributed by atoms with Crippen molar-refractivity contribution in [3.63, 3.8) is 0 Å². The Morgan fingerprint density at radius 1 is 1.48 bits per heavy atom. The number of pyridine rings is 1. The molecule has 0 aliphatic heterocycles. The van der Waals surface area contributed by atoms with Crippen molar-refractivity contribution < 1.29 is 9.32 Å². The minimum atomic E-state index is 0.0471. The van der Waals surface area contributed by atoms with E-state index in [9.17, 15) is 4.79 Å². The zero-order valence-corrected chi connectivity index (χ0v) is 11.7. The molecule has 0 fully saturated rings. The van der Waals surface area contributed by atoms with Crippen LogP contribution in [0, 0.1) is 5.92 Å². The van der Waals surface area contributed by atoms with Crippen molar-refractivity contribution in [1.82, 2.24) is 15.5 Å². The summed E-state index contributed by atoms with van der Waals surface area (Å²) in [6.45, 7) is 0.364. The molecule has 108 valence electrons. The van der Waals surface area contributed by atoms with Crippen molar-refractivity contribution in [3.8, 4) is 11.3 Å². The van der Waals surface area contributed by atoms with Crippen molar-refractivity contribution in [3.05, 3.63) is 48.5 Å². The van der Waals surface area contributed by atoms with Crippen LogP contribution >= 0.6 is 0 Å². The molecule has 5 nitrogen and oxygen atoms in total. The summed E-state index contributed by atoms with van der Waals surface area (Å²) in [4.78, 5) is 15.9. The van der Waals surface area contributed by atoms with E-state index < -0.39 is 0 Å². The van der Waals surface area contributed by atoms with Crippen LogP contribution in [0.25, 0.3) is 11.3 Å².